The maximum absolute atomic E-state index is 13.2. The Kier molecular flexibility index (Phi) is 5.62. The number of ether oxygens (including phenoxy) is 2. The molecule has 1 unspecified atom stereocenters. The van der Waals surface area contributed by atoms with Crippen molar-refractivity contribution < 1.29 is 26.3 Å². The minimum atomic E-state index is -3.88. The Morgan fingerprint density at radius 1 is 1.31 bits per heavy atom. The molecule has 146 valence electrons. The number of benzene rings is 1. The summed E-state index contributed by atoms with van der Waals surface area (Å²) in [7, 11) is -5.91. The van der Waals surface area contributed by atoms with E-state index in [9.17, 15) is 16.8 Å². The number of sulfone groups is 2. The number of rotatable bonds is 6. The molecule has 0 spiro atoms. The first-order valence-electron chi connectivity index (χ1n) is 8.67. The van der Waals surface area contributed by atoms with Crippen LogP contribution in [0.3, 0.4) is 0 Å². The fraction of sp³-hybridized carbons (Fsp3) is 0.647. The lowest BCUT2D eigenvalue weighted by molar-refractivity contribution is 0.108. The largest absolute Gasteiger partial charge is 0.495 e. The van der Waals surface area contributed by atoms with Gasteiger partial charge < -0.3 is 14.8 Å². The fourth-order valence-corrected chi connectivity index (χ4v) is 8.53. The van der Waals surface area contributed by atoms with E-state index in [0.717, 1.165) is 18.4 Å². The zero-order valence-corrected chi connectivity index (χ0v) is 16.6. The van der Waals surface area contributed by atoms with Crippen LogP contribution < -0.4 is 10.1 Å². The van der Waals surface area contributed by atoms with E-state index in [0.29, 0.717) is 13.2 Å². The molecule has 26 heavy (non-hydrogen) atoms. The predicted octanol–water partition coefficient (Wildman–Crippen LogP) is 0.712. The molecule has 2 fully saturated rings. The van der Waals surface area contributed by atoms with Crippen molar-refractivity contribution in [3.05, 3.63) is 23.8 Å². The van der Waals surface area contributed by atoms with Crippen LogP contribution in [0.4, 0.5) is 0 Å². The second-order valence-corrected chi connectivity index (χ2v) is 11.3. The van der Waals surface area contributed by atoms with Gasteiger partial charge in [0.2, 0.25) is 0 Å². The summed E-state index contributed by atoms with van der Waals surface area (Å²) < 4.78 is 61.6. The molecule has 3 atom stereocenters. The van der Waals surface area contributed by atoms with Crippen molar-refractivity contribution in [1.82, 2.24) is 5.32 Å². The summed E-state index contributed by atoms with van der Waals surface area (Å²) in [4.78, 5) is 0.0472. The van der Waals surface area contributed by atoms with Crippen molar-refractivity contribution in [3.8, 4) is 5.75 Å². The van der Waals surface area contributed by atoms with Gasteiger partial charge in [-0.25, -0.2) is 16.8 Å². The van der Waals surface area contributed by atoms with Gasteiger partial charge in [-0.1, -0.05) is 6.07 Å². The SMILES string of the molecule is COc1ccc(C)cc1S(=O)(=O)[C@H]1CS(=O)(=O)C[C@@H]1NCC1CCCO1. The highest BCUT2D eigenvalue weighted by Gasteiger charge is 2.46. The topological polar surface area (TPSA) is 98.8 Å². The highest BCUT2D eigenvalue weighted by molar-refractivity contribution is 7.96. The van der Waals surface area contributed by atoms with E-state index in [1.165, 1.54) is 13.2 Å². The zero-order chi connectivity index (χ0) is 18.9. The Bertz CT molecular complexity index is 859. The van der Waals surface area contributed by atoms with E-state index in [-0.39, 0.29) is 28.3 Å². The van der Waals surface area contributed by atoms with Crippen LogP contribution in [0.5, 0.6) is 5.75 Å². The van der Waals surface area contributed by atoms with Crippen molar-refractivity contribution >= 4 is 19.7 Å². The van der Waals surface area contributed by atoms with Gasteiger partial charge in [0, 0.05) is 19.2 Å². The van der Waals surface area contributed by atoms with Gasteiger partial charge >= 0.3 is 0 Å². The molecule has 0 radical (unpaired) electrons. The van der Waals surface area contributed by atoms with Crippen molar-refractivity contribution in [2.45, 2.75) is 42.1 Å². The predicted molar refractivity (Wildman–Crippen MR) is 98.1 cm³/mol. The smallest absolute Gasteiger partial charge is 0.187 e. The summed E-state index contributed by atoms with van der Waals surface area (Å²) in [6, 6.07) is 4.24. The number of hydrogen-bond donors (Lipinski definition) is 1. The van der Waals surface area contributed by atoms with Gasteiger partial charge in [-0.15, -0.1) is 0 Å². The summed E-state index contributed by atoms with van der Waals surface area (Å²) in [6.45, 7) is 2.94. The molecule has 1 aromatic rings. The number of hydrogen-bond acceptors (Lipinski definition) is 7. The van der Waals surface area contributed by atoms with Gasteiger partial charge in [-0.05, 0) is 37.5 Å². The van der Waals surface area contributed by atoms with Crippen LogP contribution in [0.15, 0.2) is 23.1 Å². The molecule has 9 heteroatoms. The van der Waals surface area contributed by atoms with E-state index in [1.807, 2.05) is 0 Å². The second-order valence-electron chi connectivity index (χ2n) is 6.96. The molecular weight excluding hydrogens is 378 g/mol. The van der Waals surface area contributed by atoms with Crippen LogP contribution >= 0.6 is 0 Å². The third-order valence-corrected chi connectivity index (χ3v) is 9.13. The molecule has 1 N–H and O–H groups in total. The highest BCUT2D eigenvalue weighted by atomic mass is 32.2. The summed E-state index contributed by atoms with van der Waals surface area (Å²) in [5.74, 6) is -0.328. The van der Waals surface area contributed by atoms with Crippen LogP contribution in [0.1, 0.15) is 18.4 Å². The Morgan fingerprint density at radius 3 is 2.73 bits per heavy atom. The Balaban J connectivity index is 1.89. The summed E-state index contributed by atoms with van der Waals surface area (Å²) in [5.41, 5.74) is 0.772. The van der Waals surface area contributed by atoms with Crippen LogP contribution in [-0.2, 0) is 24.4 Å². The summed E-state index contributed by atoms with van der Waals surface area (Å²) in [6.07, 6.45) is 1.88. The van der Waals surface area contributed by atoms with E-state index in [2.05, 4.69) is 5.32 Å². The third-order valence-electron chi connectivity index (χ3n) is 4.96. The van der Waals surface area contributed by atoms with Crippen LogP contribution in [0.2, 0.25) is 0 Å². The molecule has 2 aliphatic heterocycles. The Labute approximate surface area is 154 Å². The van der Waals surface area contributed by atoms with E-state index in [1.54, 1.807) is 19.1 Å². The maximum atomic E-state index is 13.2. The van der Waals surface area contributed by atoms with Gasteiger partial charge in [-0.3, -0.25) is 0 Å². The molecule has 2 aliphatic rings. The lowest BCUT2D eigenvalue weighted by atomic mass is 10.2. The van der Waals surface area contributed by atoms with E-state index < -0.39 is 31.0 Å². The average molecular weight is 404 g/mol. The fourth-order valence-electron chi connectivity index (χ4n) is 3.57. The van der Waals surface area contributed by atoms with Gasteiger partial charge in [0.25, 0.3) is 0 Å². The highest BCUT2D eigenvalue weighted by Crippen LogP contribution is 2.32. The standard InChI is InChI=1S/C17H25NO6S2/c1-12-5-6-15(23-2)16(8-12)26(21,22)17-11-25(19,20)10-14(17)18-9-13-4-3-7-24-13/h5-6,8,13-14,17-18H,3-4,7,9-11H2,1-2H3/t13?,14-,17-/m0/s1. The molecule has 3 rings (SSSR count). The quantitative estimate of drug-likeness (QED) is 0.747. The third kappa shape index (κ3) is 4.05. The van der Waals surface area contributed by atoms with E-state index >= 15 is 0 Å². The molecule has 0 bridgehead atoms. The lowest BCUT2D eigenvalue weighted by Crippen LogP contribution is -2.46. The molecule has 0 saturated carbocycles. The maximum Gasteiger partial charge on any atom is 0.187 e. The van der Waals surface area contributed by atoms with Crippen molar-refractivity contribution in [1.29, 1.82) is 0 Å². The van der Waals surface area contributed by atoms with E-state index in [4.69, 9.17) is 9.47 Å². The van der Waals surface area contributed by atoms with Gasteiger partial charge in [0.1, 0.15) is 10.6 Å². The normalized spacial score (nSPS) is 28.3. The summed E-state index contributed by atoms with van der Waals surface area (Å²) in [5, 5.41) is 2.10. The number of nitrogens with one attached hydrogen (secondary N) is 1. The first-order valence-corrected chi connectivity index (χ1v) is 12.0. The van der Waals surface area contributed by atoms with Crippen LogP contribution in [-0.4, -0.2) is 66.0 Å². The first kappa shape index (κ1) is 19.6. The van der Waals surface area contributed by atoms with Gasteiger partial charge in [0.15, 0.2) is 19.7 Å². The van der Waals surface area contributed by atoms with Crippen molar-refractivity contribution in [3.63, 3.8) is 0 Å². The second kappa shape index (κ2) is 7.46. The number of methoxy groups -OCH3 is 1. The Morgan fingerprint density at radius 2 is 2.08 bits per heavy atom. The molecule has 0 aromatic heterocycles. The minimum Gasteiger partial charge on any atom is -0.495 e. The molecule has 1 aromatic carbocycles. The number of aryl methyl sites for hydroxylation is 1. The molecule has 0 aliphatic carbocycles. The molecule has 0 amide bonds. The monoisotopic (exact) mass is 403 g/mol. The van der Waals surface area contributed by atoms with Crippen LogP contribution in [0.25, 0.3) is 0 Å². The molecule has 7 nitrogen and oxygen atoms in total. The van der Waals surface area contributed by atoms with Gasteiger partial charge in [0.05, 0.1) is 30.0 Å². The van der Waals surface area contributed by atoms with Crippen molar-refractivity contribution in [2.75, 3.05) is 31.8 Å². The molecule has 2 saturated heterocycles. The average Bonchev–Trinajstić information content (AvgIpc) is 3.20. The Hall–Kier alpha value is -1.16. The van der Waals surface area contributed by atoms with Crippen LogP contribution in [0, 0.1) is 6.92 Å². The minimum absolute atomic E-state index is 0.00941. The lowest BCUT2D eigenvalue weighted by Gasteiger charge is -2.22. The molecule has 2 heterocycles. The van der Waals surface area contributed by atoms with Gasteiger partial charge in [-0.2, -0.15) is 0 Å². The summed E-state index contributed by atoms with van der Waals surface area (Å²) >= 11 is 0. The zero-order valence-electron chi connectivity index (χ0n) is 15.0. The molecular formula is C17H25NO6S2. The first-order chi connectivity index (χ1) is 12.2. The van der Waals surface area contributed by atoms with Crippen molar-refractivity contribution in [2.24, 2.45) is 0 Å².